The van der Waals surface area contributed by atoms with Crippen molar-refractivity contribution in [2.24, 2.45) is 0 Å². The van der Waals surface area contributed by atoms with Crippen LogP contribution in [-0.4, -0.2) is 17.4 Å². The molecule has 0 saturated carbocycles. The van der Waals surface area contributed by atoms with Gasteiger partial charge in [-0.2, -0.15) is 0 Å². The number of carbonyl (C=O) groups excluding carboxylic acids is 1. The first kappa shape index (κ1) is 16.3. The van der Waals surface area contributed by atoms with Gasteiger partial charge in [-0.15, -0.1) is 0 Å². The summed E-state index contributed by atoms with van der Waals surface area (Å²) >= 11 is 0. The molecule has 0 aromatic heterocycles. The first-order valence-corrected chi connectivity index (χ1v) is 8.66. The first-order valence-electron chi connectivity index (χ1n) is 8.66. The number of anilines is 1. The van der Waals surface area contributed by atoms with Gasteiger partial charge < -0.3 is 4.90 Å². The molecule has 1 aliphatic rings. The number of fused-ring (bicyclic) bond motifs is 3. The lowest BCUT2D eigenvalue weighted by molar-refractivity contribution is -0.384. The van der Waals surface area contributed by atoms with E-state index in [2.05, 4.69) is 12.1 Å². The summed E-state index contributed by atoms with van der Waals surface area (Å²) in [5.41, 5.74) is 3.05. The van der Waals surface area contributed by atoms with Crippen LogP contribution in [0.3, 0.4) is 0 Å². The van der Waals surface area contributed by atoms with E-state index >= 15 is 0 Å². The van der Waals surface area contributed by atoms with Gasteiger partial charge in [-0.1, -0.05) is 42.5 Å². The Bertz CT molecular complexity index is 1010. The molecule has 0 saturated heterocycles. The number of carbonyl (C=O) groups is 1. The first-order chi connectivity index (χ1) is 12.6. The molecule has 1 amide bonds. The van der Waals surface area contributed by atoms with Gasteiger partial charge in [0.25, 0.3) is 5.69 Å². The van der Waals surface area contributed by atoms with Crippen molar-refractivity contribution < 1.29 is 9.72 Å². The molecule has 130 valence electrons. The summed E-state index contributed by atoms with van der Waals surface area (Å²) in [6.07, 6.45) is 0.368. The van der Waals surface area contributed by atoms with E-state index in [9.17, 15) is 14.9 Å². The van der Waals surface area contributed by atoms with Gasteiger partial charge in [-0.05, 0) is 34.9 Å². The van der Waals surface area contributed by atoms with Crippen molar-refractivity contribution >= 4 is 28.1 Å². The maximum absolute atomic E-state index is 12.7. The minimum absolute atomic E-state index is 0.0595. The third-order valence-electron chi connectivity index (χ3n) is 5.09. The second-order valence-electron chi connectivity index (χ2n) is 6.46. The Hall–Kier alpha value is -3.21. The average Bonchev–Trinajstić information content (AvgIpc) is 2.67. The van der Waals surface area contributed by atoms with Crippen LogP contribution in [0.5, 0.6) is 0 Å². The summed E-state index contributed by atoms with van der Waals surface area (Å²) < 4.78 is 0. The summed E-state index contributed by atoms with van der Waals surface area (Å²) in [7, 11) is 0. The molecular formula is C21H18N2O3. The number of rotatable bonds is 3. The van der Waals surface area contributed by atoms with Crippen molar-refractivity contribution in [1.82, 2.24) is 0 Å². The van der Waals surface area contributed by atoms with Crippen LogP contribution in [0.2, 0.25) is 0 Å². The SMILES string of the molecule is CCN1C(=O)CC(c2ccc([N+](=O)[O-])cc2)c2c1ccc1ccccc21. The fraction of sp³-hybridized carbons (Fsp3) is 0.190. The molecule has 0 N–H and O–H groups in total. The van der Waals surface area contributed by atoms with Crippen LogP contribution in [-0.2, 0) is 4.79 Å². The number of nitro groups is 1. The highest BCUT2D eigenvalue weighted by molar-refractivity contribution is 6.03. The van der Waals surface area contributed by atoms with E-state index in [1.54, 1.807) is 12.1 Å². The lowest BCUT2D eigenvalue weighted by Gasteiger charge is -2.34. The molecule has 1 aliphatic heterocycles. The topological polar surface area (TPSA) is 63.5 Å². The Kier molecular flexibility index (Phi) is 3.92. The van der Waals surface area contributed by atoms with Crippen molar-refractivity contribution in [2.45, 2.75) is 19.3 Å². The monoisotopic (exact) mass is 346 g/mol. The Morgan fingerprint density at radius 2 is 1.81 bits per heavy atom. The second-order valence-corrected chi connectivity index (χ2v) is 6.46. The molecule has 3 aromatic carbocycles. The van der Waals surface area contributed by atoms with Gasteiger partial charge in [0.15, 0.2) is 0 Å². The average molecular weight is 346 g/mol. The zero-order valence-electron chi connectivity index (χ0n) is 14.4. The van der Waals surface area contributed by atoms with Crippen molar-refractivity contribution in [2.75, 3.05) is 11.4 Å². The van der Waals surface area contributed by atoms with E-state index < -0.39 is 4.92 Å². The van der Waals surface area contributed by atoms with Gasteiger partial charge >= 0.3 is 0 Å². The molecule has 1 atom stereocenters. The number of nitro benzene ring substituents is 1. The molecule has 5 heteroatoms. The lowest BCUT2D eigenvalue weighted by atomic mass is 9.81. The number of hydrogen-bond acceptors (Lipinski definition) is 3. The molecule has 1 unspecified atom stereocenters. The van der Waals surface area contributed by atoms with E-state index in [1.807, 2.05) is 36.1 Å². The van der Waals surface area contributed by atoms with E-state index in [0.29, 0.717) is 13.0 Å². The molecule has 4 rings (SSSR count). The van der Waals surface area contributed by atoms with Crippen LogP contribution in [0.25, 0.3) is 10.8 Å². The predicted octanol–water partition coefficient (Wildman–Crippen LogP) is 4.64. The Morgan fingerprint density at radius 3 is 2.50 bits per heavy atom. The molecule has 0 fully saturated rings. The molecular weight excluding hydrogens is 328 g/mol. The van der Waals surface area contributed by atoms with Gasteiger partial charge in [-0.25, -0.2) is 0 Å². The molecule has 1 heterocycles. The standard InChI is InChI=1S/C21H18N2O3/c1-2-22-19-12-9-14-5-3-4-6-17(14)21(19)18(13-20(22)24)15-7-10-16(11-8-15)23(25)26/h3-12,18H,2,13H2,1H3. The van der Waals surface area contributed by atoms with E-state index in [4.69, 9.17) is 0 Å². The quantitative estimate of drug-likeness (QED) is 0.513. The van der Waals surface area contributed by atoms with Gasteiger partial charge in [0.05, 0.1) is 4.92 Å². The van der Waals surface area contributed by atoms with E-state index in [1.165, 1.54) is 12.1 Å². The fourth-order valence-electron chi connectivity index (χ4n) is 3.87. The van der Waals surface area contributed by atoms with Gasteiger partial charge in [0.1, 0.15) is 0 Å². The predicted molar refractivity (Wildman–Crippen MR) is 102 cm³/mol. The van der Waals surface area contributed by atoms with Gasteiger partial charge in [0.2, 0.25) is 5.91 Å². The number of nitrogens with zero attached hydrogens (tertiary/aromatic N) is 2. The van der Waals surface area contributed by atoms with Crippen molar-refractivity contribution in [1.29, 1.82) is 0 Å². The van der Waals surface area contributed by atoms with Crippen molar-refractivity contribution in [3.63, 3.8) is 0 Å². The van der Waals surface area contributed by atoms with Crippen LogP contribution in [0.15, 0.2) is 60.7 Å². The van der Waals surface area contributed by atoms with Crippen LogP contribution >= 0.6 is 0 Å². The summed E-state index contributed by atoms with van der Waals surface area (Å²) in [4.78, 5) is 25.1. The minimum atomic E-state index is -0.405. The number of benzene rings is 3. The molecule has 0 spiro atoms. The maximum Gasteiger partial charge on any atom is 0.269 e. The largest absolute Gasteiger partial charge is 0.312 e. The number of hydrogen-bond donors (Lipinski definition) is 0. The Labute approximate surface area is 151 Å². The molecule has 26 heavy (non-hydrogen) atoms. The highest BCUT2D eigenvalue weighted by atomic mass is 16.6. The molecule has 3 aromatic rings. The lowest BCUT2D eigenvalue weighted by Crippen LogP contribution is -2.36. The Morgan fingerprint density at radius 1 is 1.08 bits per heavy atom. The van der Waals surface area contributed by atoms with E-state index in [0.717, 1.165) is 27.6 Å². The third-order valence-corrected chi connectivity index (χ3v) is 5.09. The summed E-state index contributed by atoms with van der Waals surface area (Å²) in [6.45, 7) is 2.60. The zero-order chi connectivity index (χ0) is 18.3. The smallest absolute Gasteiger partial charge is 0.269 e. The summed E-state index contributed by atoms with van der Waals surface area (Å²) in [6, 6.07) is 18.8. The van der Waals surface area contributed by atoms with Crippen molar-refractivity contribution in [3.8, 4) is 0 Å². The van der Waals surface area contributed by atoms with Crippen LogP contribution < -0.4 is 4.90 Å². The van der Waals surface area contributed by atoms with Gasteiger partial charge in [-0.3, -0.25) is 14.9 Å². The molecule has 5 nitrogen and oxygen atoms in total. The molecule has 0 bridgehead atoms. The zero-order valence-corrected chi connectivity index (χ0v) is 14.4. The van der Waals surface area contributed by atoms with Crippen LogP contribution in [0, 0.1) is 10.1 Å². The number of amides is 1. The Balaban J connectivity index is 1.93. The maximum atomic E-state index is 12.7. The number of non-ortho nitro benzene ring substituents is 1. The van der Waals surface area contributed by atoms with Gasteiger partial charge in [0, 0.05) is 36.7 Å². The van der Waals surface area contributed by atoms with Crippen molar-refractivity contribution in [3.05, 3.63) is 81.9 Å². The third kappa shape index (κ3) is 2.52. The van der Waals surface area contributed by atoms with Crippen LogP contribution in [0.4, 0.5) is 11.4 Å². The summed E-state index contributed by atoms with van der Waals surface area (Å²) in [5.74, 6) is -0.0224. The minimum Gasteiger partial charge on any atom is -0.312 e. The van der Waals surface area contributed by atoms with E-state index in [-0.39, 0.29) is 17.5 Å². The highest BCUT2D eigenvalue weighted by Gasteiger charge is 2.33. The van der Waals surface area contributed by atoms with Crippen LogP contribution in [0.1, 0.15) is 30.4 Å². The fourth-order valence-corrected chi connectivity index (χ4v) is 3.87. The second kappa shape index (κ2) is 6.26. The molecule has 0 aliphatic carbocycles. The highest BCUT2D eigenvalue weighted by Crippen LogP contribution is 2.44. The molecule has 0 radical (unpaired) electrons. The summed E-state index contributed by atoms with van der Waals surface area (Å²) in [5, 5.41) is 13.2. The normalized spacial score (nSPS) is 16.6.